The quantitative estimate of drug-likeness (QED) is 0.404. The van der Waals surface area contributed by atoms with Crippen LogP contribution in [0.3, 0.4) is 0 Å². The number of nitrogens with zero attached hydrogens (tertiary/aromatic N) is 6. The Kier molecular flexibility index (Phi) is 4.47. The Morgan fingerprint density at radius 2 is 2.04 bits per heavy atom. The summed E-state index contributed by atoms with van der Waals surface area (Å²) < 4.78 is 7.56. The molecule has 4 N–H and O–H groups in total. The van der Waals surface area contributed by atoms with Crippen LogP contribution in [-0.4, -0.2) is 46.8 Å². The molecule has 0 saturated carbocycles. The molecule has 0 aliphatic heterocycles. The number of H-pyrrole nitrogens is 2. The van der Waals surface area contributed by atoms with Gasteiger partial charge in [0, 0.05) is 12.1 Å². The normalized spacial score (nSPS) is 11.1. The molecule has 3 heterocycles. The van der Waals surface area contributed by atoms with Crippen LogP contribution in [0.5, 0.6) is 5.75 Å². The van der Waals surface area contributed by atoms with Crippen molar-refractivity contribution in [2.24, 2.45) is 0 Å². The molecule has 0 fully saturated rings. The number of unbranched alkanes of at least 4 members (excludes halogenated alkanes) is 1. The molecular formula is C16H17N9O2. The van der Waals surface area contributed by atoms with Crippen molar-refractivity contribution in [3.05, 3.63) is 40.9 Å². The lowest BCUT2D eigenvalue weighted by Gasteiger charge is -2.07. The Morgan fingerprint density at radius 1 is 1.19 bits per heavy atom. The van der Waals surface area contributed by atoms with Crippen molar-refractivity contribution in [2.75, 3.05) is 12.3 Å². The number of benzene rings is 1. The predicted molar refractivity (Wildman–Crippen MR) is 96.9 cm³/mol. The van der Waals surface area contributed by atoms with Gasteiger partial charge in [0.25, 0.3) is 5.56 Å². The van der Waals surface area contributed by atoms with Gasteiger partial charge in [-0.15, -0.1) is 10.2 Å². The third-order valence-electron chi connectivity index (χ3n) is 4.01. The fraction of sp³-hybridized carbons (Fsp3) is 0.250. The Morgan fingerprint density at radius 3 is 2.81 bits per heavy atom. The molecule has 3 aromatic heterocycles. The summed E-state index contributed by atoms with van der Waals surface area (Å²) in [4.78, 5) is 22.4. The van der Waals surface area contributed by atoms with Gasteiger partial charge in [0.15, 0.2) is 11.2 Å². The lowest BCUT2D eigenvalue weighted by Crippen LogP contribution is -2.12. The number of ether oxygens (including phenoxy) is 1. The smallest absolute Gasteiger partial charge is 0.280 e. The van der Waals surface area contributed by atoms with Crippen molar-refractivity contribution in [1.82, 2.24) is 40.1 Å². The lowest BCUT2D eigenvalue weighted by atomic mass is 10.2. The summed E-state index contributed by atoms with van der Waals surface area (Å²) in [5.74, 6) is 1.40. The monoisotopic (exact) mass is 367 g/mol. The summed E-state index contributed by atoms with van der Waals surface area (Å²) in [5, 5.41) is 13.8. The summed E-state index contributed by atoms with van der Waals surface area (Å²) in [7, 11) is 0. The second-order valence-electron chi connectivity index (χ2n) is 5.88. The number of anilines is 1. The summed E-state index contributed by atoms with van der Waals surface area (Å²) in [6.07, 6.45) is 3.29. The summed E-state index contributed by atoms with van der Waals surface area (Å²) >= 11 is 0. The molecule has 0 amide bonds. The second-order valence-corrected chi connectivity index (χ2v) is 5.88. The van der Waals surface area contributed by atoms with E-state index in [-0.39, 0.29) is 11.5 Å². The van der Waals surface area contributed by atoms with Crippen LogP contribution in [0, 0.1) is 0 Å². The third-order valence-corrected chi connectivity index (χ3v) is 4.01. The number of nitrogens with two attached hydrogens (primary N) is 1. The predicted octanol–water partition coefficient (Wildman–Crippen LogP) is 0.741. The number of imidazole rings is 1. The van der Waals surface area contributed by atoms with E-state index in [1.165, 1.54) is 0 Å². The molecule has 138 valence electrons. The highest BCUT2D eigenvalue weighted by Gasteiger charge is 2.09. The van der Waals surface area contributed by atoms with Gasteiger partial charge < -0.3 is 15.0 Å². The van der Waals surface area contributed by atoms with Crippen LogP contribution in [0.1, 0.15) is 12.8 Å². The molecule has 0 aliphatic carbocycles. The maximum absolute atomic E-state index is 11.8. The first-order valence-corrected chi connectivity index (χ1v) is 8.38. The summed E-state index contributed by atoms with van der Waals surface area (Å²) in [6.45, 7) is 1.25. The molecular weight excluding hydrogens is 350 g/mol. The first-order valence-electron chi connectivity index (χ1n) is 8.38. The van der Waals surface area contributed by atoms with Crippen LogP contribution in [0.4, 0.5) is 5.95 Å². The lowest BCUT2D eigenvalue weighted by molar-refractivity contribution is 0.303. The van der Waals surface area contributed by atoms with Crippen LogP contribution < -0.4 is 16.0 Å². The summed E-state index contributed by atoms with van der Waals surface area (Å²) in [5.41, 5.74) is 6.92. The van der Waals surface area contributed by atoms with Gasteiger partial charge in [0.2, 0.25) is 11.8 Å². The van der Waals surface area contributed by atoms with E-state index in [1.54, 1.807) is 6.33 Å². The minimum absolute atomic E-state index is 0.0850. The minimum Gasteiger partial charge on any atom is -0.494 e. The number of aromatic nitrogens is 8. The maximum atomic E-state index is 11.8. The van der Waals surface area contributed by atoms with Gasteiger partial charge >= 0.3 is 0 Å². The molecule has 0 aliphatic rings. The SMILES string of the molecule is Nc1nc2c(ncn2CCCCOc2ccc(-c3nn[nH]n3)cc2)c(=O)[nH]1. The maximum Gasteiger partial charge on any atom is 0.280 e. The largest absolute Gasteiger partial charge is 0.494 e. The van der Waals surface area contributed by atoms with Crippen LogP contribution in [0.15, 0.2) is 35.4 Å². The molecule has 0 spiro atoms. The average molecular weight is 367 g/mol. The zero-order chi connectivity index (χ0) is 18.6. The van der Waals surface area contributed by atoms with Crippen molar-refractivity contribution < 1.29 is 4.74 Å². The number of tetrazole rings is 1. The van der Waals surface area contributed by atoms with Crippen molar-refractivity contribution in [3.8, 4) is 17.1 Å². The number of rotatable bonds is 7. The Balaban J connectivity index is 1.28. The van der Waals surface area contributed by atoms with Gasteiger partial charge in [-0.1, -0.05) is 0 Å². The third kappa shape index (κ3) is 3.61. The van der Waals surface area contributed by atoms with E-state index in [4.69, 9.17) is 10.5 Å². The zero-order valence-corrected chi connectivity index (χ0v) is 14.3. The highest BCUT2D eigenvalue weighted by Crippen LogP contribution is 2.18. The van der Waals surface area contributed by atoms with E-state index in [2.05, 4.69) is 35.6 Å². The van der Waals surface area contributed by atoms with Gasteiger partial charge in [-0.25, -0.2) is 4.98 Å². The van der Waals surface area contributed by atoms with Crippen LogP contribution in [0.25, 0.3) is 22.6 Å². The van der Waals surface area contributed by atoms with E-state index >= 15 is 0 Å². The fourth-order valence-electron chi connectivity index (χ4n) is 2.69. The van der Waals surface area contributed by atoms with Crippen LogP contribution in [-0.2, 0) is 6.54 Å². The molecule has 0 unspecified atom stereocenters. The van der Waals surface area contributed by atoms with Crippen LogP contribution >= 0.6 is 0 Å². The number of nitrogen functional groups attached to an aromatic ring is 1. The standard InChI is InChI=1S/C16H17N9O2/c17-16-19-14-12(15(26)20-16)18-9-25(14)7-1-2-8-27-11-5-3-10(4-6-11)13-21-23-24-22-13/h3-6,9H,1-2,7-8H2,(H3,17,19,20,26)(H,21,22,23,24). The molecule has 0 bridgehead atoms. The van der Waals surface area contributed by atoms with E-state index < -0.39 is 0 Å². The van der Waals surface area contributed by atoms with Gasteiger partial charge in [-0.3, -0.25) is 9.78 Å². The van der Waals surface area contributed by atoms with Crippen LogP contribution in [0.2, 0.25) is 0 Å². The van der Waals surface area contributed by atoms with Crippen molar-refractivity contribution in [3.63, 3.8) is 0 Å². The van der Waals surface area contributed by atoms with E-state index in [1.807, 2.05) is 28.8 Å². The van der Waals surface area contributed by atoms with E-state index in [9.17, 15) is 4.79 Å². The number of nitrogens with one attached hydrogen (secondary N) is 2. The second kappa shape index (κ2) is 7.23. The van der Waals surface area contributed by atoms with E-state index in [0.29, 0.717) is 30.1 Å². The Hall–Kier alpha value is -3.76. The van der Waals surface area contributed by atoms with Crippen molar-refractivity contribution >= 4 is 17.1 Å². The first-order chi connectivity index (χ1) is 13.2. The number of hydrogen-bond donors (Lipinski definition) is 3. The van der Waals surface area contributed by atoms with Gasteiger partial charge in [0.05, 0.1) is 12.9 Å². The molecule has 4 aromatic rings. The minimum atomic E-state index is -0.330. The van der Waals surface area contributed by atoms with Gasteiger partial charge in [-0.05, 0) is 42.3 Å². The number of fused-ring (bicyclic) bond motifs is 1. The number of aryl methyl sites for hydroxylation is 1. The molecule has 0 saturated heterocycles. The molecule has 1 aromatic carbocycles. The van der Waals surface area contributed by atoms with Gasteiger partial charge in [0.1, 0.15) is 5.75 Å². The number of hydrogen-bond acceptors (Lipinski definition) is 8. The average Bonchev–Trinajstić information content (AvgIpc) is 3.32. The molecule has 0 atom stereocenters. The Bertz CT molecular complexity index is 1080. The van der Waals surface area contributed by atoms with Gasteiger partial charge in [-0.2, -0.15) is 10.2 Å². The number of aromatic amines is 2. The summed E-state index contributed by atoms with van der Waals surface area (Å²) in [6, 6.07) is 7.50. The fourth-order valence-corrected chi connectivity index (χ4v) is 2.69. The molecule has 4 rings (SSSR count). The Labute approximate surface area is 152 Å². The topological polar surface area (TPSA) is 153 Å². The molecule has 11 heteroatoms. The highest BCUT2D eigenvalue weighted by atomic mass is 16.5. The molecule has 0 radical (unpaired) electrons. The highest BCUT2D eigenvalue weighted by molar-refractivity contribution is 5.70. The van der Waals surface area contributed by atoms with E-state index in [0.717, 1.165) is 24.2 Å². The molecule has 27 heavy (non-hydrogen) atoms. The zero-order valence-electron chi connectivity index (χ0n) is 14.3. The first kappa shape index (κ1) is 16.7. The molecule has 11 nitrogen and oxygen atoms in total. The van der Waals surface area contributed by atoms with Crippen molar-refractivity contribution in [2.45, 2.75) is 19.4 Å². The van der Waals surface area contributed by atoms with Crippen molar-refractivity contribution in [1.29, 1.82) is 0 Å².